The van der Waals surface area contributed by atoms with Crippen molar-refractivity contribution in [3.8, 4) is 0 Å². The van der Waals surface area contributed by atoms with Crippen LogP contribution in [0.1, 0.15) is 22.3 Å². The summed E-state index contributed by atoms with van der Waals surface area (Å²) in [5.74, 6) is -0.473. The molecule has 1 aliphatic rings. The van der Waals surface area contributed by atoms with Crippen molar-refractivity contribution in [2.75, 3.05) is 38.2 Å². The summed E-state index contributed by atoms with van der Waals surface area (Å²) in [6, 6.07) is 11.0. The molecule has 0 unspecified atom stereocenters. The summed E-state index contributed by atoms with van der Waals surface area (Å²) in [6.45, 7) is 3.76. The third kappa shape index (κ3) is 6.04. The number of hydrogen-bond donors (Lipinski definition) is 2. The Morgan fingerprint density at radius 2 is 1.84 bits per heavy atom. The molecule has 0 radical (unpaired) electrons. The molecule has 2 N–H and O–H groups in total. The third-order valence-corrected chi connectivity index (χ3v) is 6.58. The molecule has 10 heteroatoms. The Bertz CT molecular complexity index is 1070. The molecule has 1 heterocycles. The van der Waals surface area contributed by atoms with Gasteiger partial charge >= 0.3 is 0 Å². The SMILES string of the molecule is Cc1c(NC(=O)CCNS(=O)(=O)c2cccc(Cl)c2)cccc1C(=O)N1CCOCC1. The number of halogens is 1. The summed E-state index contributed by atoms with van der Waals surface area (Å²) in [5, 5.41) is 3.06. The number of carbonyl (C=O) groups excluding carboxylic acids is 2. The first kappa shape index (κ1) is 23.2. The van der Waals surface area contributed by atoms with E-state index < -0.39 is 10.0 Å². The van der Waals surface area contributed by atoms with Crippen molar-refractivity contribution in [3.05, 3.63) is 58.6 Å². The van der Waals surface area contributed by atoms with E-state index in [1.807, 2.05) is 0 Å². The Kier molecular flexibility index (Phi) is 7.66. The van der Waals surface area contributed by atoms with Crippen LogP contribution in [0.15, 0.2) is 47.4 Å². The minimum atomic E-state index is -3.76. The maximum Gasteiger partial charge on any atom is 0.254 e. The molecule has 0 aromatic heterocycles. The van der Waals surface area contributed by atoms with Gasteiger partial charge in [0.2, 0.25) is 15.9 Å². The van der Waals surface area contributed by atoms with Crippen LogP contribution in [0.5, 0.6) is 0 Å². The second kappa shape index (κ2) is 10.2. The maximum atomic E-state index is 12.8. The van der Waals surface area contributed by atoms with Gasteiger partial charge < -0.3 is 15.0 Å². The zero-order chi connectivity index (χ0) is 22.4. The second-order valence-corrected chi connectivity index (χ2v) is 9.24. The number of anilines is 1. The van der Waals surface area contributed by atoms with Gasteiger partial charge in [0.15, 0.2) is 0 Å². The van der Waals surface area contributed by atoms with E-state index in [1.165, 1.54) is 18.2 Å². The van der Waals surface area contributed by atoms with E-state index in [2.05, 4.69) is 10.0 Å². The summed E-state index contributed by atoms with van der Waals surface area (Å²) >= 11 is 5.84. The number of morpholine rings is 1. The van der Waals surface area contributed by atoms with Gasteiger partial charge in [0.25, 0.3) is 5.91 Å². The number of hydrogen-bond acceptors (Lipinski definition) is 5. The van der Waals surface area contributed by atoms with E-state index in [1.54, 1.807) is 36.1 Å². The number of carbonyl (C=O) groups is 2. The molecule has 0 atom stereocenters. The first-order valence-electron chi connectivity index (χ1n) is 9.79. The summed E-state index contributed by atoms with van der Waals surface area (Å²) in [4.78, 5) is 26.9. The first-order valence-corrected chi connectivity index (χ1v) is 11.7. The zero-order valence-corrected chi connectivity index (χ0v) is 18.6. The van der Waals surface area contributed by atoms with Gasteiger partial charge in [0.1, 0.15) is 0 Å². The van der Waals surface area contributed by atoms with Crippen molar-refractivity contribution in [2.24, 2.45) is 0 Å². The van der Waals surface area contributed by atoms with Gasteiger partial charge in [-0.15, -0.1) is 0 Å². The van der Waals surface area contributed by atoms with E-state index in [9.17, 15) is 18.0 Å². The van der Waals surface area contributed by atoms with E-state index in [0.717, 1.165) is 0 Å². The summed E-state index contributed by atoms with van der Waals surface area (Å²) < 4.78 is 32.3. The minimum Gasteiger partial charge on any atom is -0.378 e. The molecule has 1 aliphatic heterocycles. The van der Waals surface area contributed by atoms with Gasteiger partial charge in [0.05, 0.1) is 18.1 Å². The van der Waals surface area contributed by atoms with Crippen LogP contribution in [0, 0.1) is 6.92 Å². The van der Waals surface area contributed by atoms with Gasteiger partial charge in [-0.1, -0.05) is 23.7 Å². The molecular formula is C21H24ClN3O5S. The summed E-state index contributed by atoms with van der Waals surface area (Å²) in [5.41, 5.74) is 1.69. The first-order chi connectivity index (χ1) is 14.8. The number of sulfonamides is 1. The van der Waals surface area contributed by atoms with Crippen molar-refractivity contribution < 1.29 is 22.7 Å². The van der Waals surface area contributed by atoms with Crippen molar-refractivity contribution >= 4 is 39.1 Å². The Labute approximate surface area is 186 Å². The molecule has 1 fully saturated rings. The molecule has 2 aromatic carbocycles. The van der Waals surface area contributed by atoms with Crippen LogP contribution in [0.2, 0.25) is 5.02 Å². The van der Waals surface area contributed by atoms with Crippen molar-refractivity contribution in [3.63, 3.8) is 0 Å². The Morgan fingerprint density at radius 1 is 1.13 bits per heavy atom. The molecule has 3 rings (SSSR count). The number of benzene rings is 2. The lowest BCUT2D eigenvalue weighted by molar-refractivity contribution is -0.116. The van der Waals surface area contributed by atoms with Crippen molar-refractivity contribution in [2.45, 2.75) is 18.2 Å². The monoisotopic (exact) mass is 465 g/mol. The van der Waals surface area contributed by atoms with Crippen LogP contribution < -0.4 is 10.0 Å². The molecule has 0 aliphatic carbocycles. The normalized spacial score (nSPS) is 14.3. The molecule has 166 valence electrons. The lowest BCUT2D eigenvalue weighted by Crippen LogP contribution is -2.41. The fourth-order valence-electron chi connectivity index (χ4n) is 3.17. The zero-order valence-electron chi connectivity index (χ0n) is 17.1. The average molecular weight is 466 g/mol. The van der Waals surface area contributed by atoms with Gasteiger partial charge in [-0.25, -0.2) is 13.1 Å². The average Bonchev–Trinajstić information content (AvgIpc) is 2.75. The van der Waals surface area contributed by atoms with Crippen LogP contribution in [-0.2, 0) is 19.6 Å². The van der Waals surface area contributed by atoms with Crippen molar-refractivity contribution in [1.82, 2.24) is 9.62 Å². The fraction of sp³-hybridized carbons (Fsp3) is 0.333. The van der Waals surface area contributed by atoms with Gasteiger partial charge in [-0.05, 0) is 42.8 Å². The van der Waals surface area contributed by atoms with E-state index in [4.69, 9.17) is 16.3 Å². The van der Waals surface area contributed by atoms with Crippen molar-refractivity contribution in [1.29, 1.82) is 0 Å². The molecule has 0 bridgehead atoms. The Balaban J connectivity index is 1.58. The van der Waals surface area contributed by atoms with Gasteiger partial charge in [0, 0.05) is 42.3 Å². The van der Waals surface area contributed by atoms with Crippen LogP contribution >= 0.6 is 11.6 Å². The molecule has 1 saturated heterocycles. The molecule has 0 saturated carbocycles. The smallest absolute Gasteiger partial charge is 0.254 e. The summed E-state index contributed by atoms with van der Waals surface area (Å²) in [6.07, 6.45) is -0.0686. The third-order valence-electron chi connectivity index (χ3n) is 4.89. The predicted molar refractivity (Wildman–Crippen MR) is 118 cm³/mol. The van der Waals surface area contributed by atoms with Crippen LogP contribution in [0.25, 0.3) is 0 Å². The number of rotatable bonds is 7. The molecule has 8 nitrogen and oxygen atoms in total. The highest BCUT2D eigenvalue weighted by atomic mass is 35.5. The standard InChI is InChI=1S/C21H24ClN3O5S/c1-15-18(21(27)25-10-12-30-13-11-25)6-3-7-19(15)24-20(26)8-9-23-31(28,29)17-5-2-4-16(22)14-17/h2-7,14,23H,8-13H2,1H3,(H,24,26). The largest absolute Gasteiger partial charge is 0.378 e. The highest BCUT2D eigenvalue weighted by Crippen LogP contribution is 2.21. The van der Waals surface area contributed by atoms with E-state index >= 15 is 0 Å². The number of amides is 2. The molecule has 31 heavy (non-hydrogen) atoms. The lowest BCUT2D eigenvalue weighted by Gasteiger charge is -2.27. The Hall–Kier alpha value is -2.46. The highest BCUT2D eigenvalue weighted by Gasteiger charge is 2.21. The Morgan fingerprint density at radius 3 is 2.55 bits per heavy atom. The van der Waals surface area contributed by atoms with Crippen LogP contribution in [0.4, 0.5) is 5.69 Å². The summed E-state index contributed by atoms with van der Waals surface area (Å²) in [7, 11) is -3.76. The maximum absolute atomic E-state index is 12.8. The highest BCUT2D eigenvalue weighted by molar-refractivity contribution is 7.89. The van der Waals surface area contributed by atoms with Crippen LogP contribution in [-0.4, -0.2) is 58.0 Å². The number of ether oxygens (including phenoxy) is 1. The number of nitrogens with one attached hydrogen (secondary N) is 2. The fourth-order valence-corrected chi connectivity index (χ4v) is 4.50. The van der Waals surface area contributed by atoms with Gasteiger partial charge in [-0.3, -0.25) is 9.59 Å². The quantitative estimate of drug-likeness (QED) is 0.653. The second-order valence-electron chi connectivity index (χ2n) is 7.04. The van der Waals surface area contributed by atoms with Crippen LogP contribution in [0.3, 0.4) is 0 Å². The molecule has 2 aromatic rings. The topological polar surface area (TPSA) is 105 Å². The van der Waals surface area contributed by atoms with E-state index in [-0.39, 0.29) is 29.7 Å². The molecule has 2 amide bonds. The minimum absolute atomic E-state index is 0.0329. The van der Waals surface area contributed by atoms with Gasteiger partial charge in [-0.2, -0.15) is 0 Å². The lowest BCUT2D eigenvalue weighted by atomic mass is 10.0. The molecule has 0 spiro atoms. The number of nitrogens with zero attached hydrogens (tertiary/aromatic N) is 1. The molecular weight excluding hydrogens is 442 g/mol. The van der Waals surface area contributed by atoms with E-state index in [0.29, 0.717) is 48.1 Å². The predicted octanol–water partition coefficient (Wildman–Crippen LogP) is 2.43.